The van der Waals surface area contributed by atoms with E-state index in [-0.39, 0.29) is 11.9 Å². The van der Waals surface area contributed by atoms with E-state index in [1.807, 2.05) is 11.0 Å². The Kier molecular flexibility index (Phi) is 6.53. The van der Waals surface area contributed by atoms with E-state index in [2.05, 4.69) is 82.4 Å². The third kappa shape index (κ3) is 4.43. The molecule has 6 heteroatoms. The molecule has 2 heterocycles. The third-order valence-corrected chi connectivity index (χ3v) is 8.63. The van der Waals surface area contributed by atoms with Crippen LogP contribution in [0.2, 0.25) is 0 Å². The molecule has 1 aliphatic carbocycles. The molecule has 184 valence electrons. The summed E-state index contributed by atoms with van der Waals surface area (Å²) >= 11 is 1.55. The van der Waals surface area contributed by atoms with E-state index in [4.69, 9.17) is 0 Å². The fourth-order valence-corrected chi connectivity index (χ4v) is 6.87. The Morgan fingerprint density at radius 2 is 1.72 bits per heavy atom. The normalized spacial score (nSPS) is 18.0. The number of aromatic nitrogens is 3. The van der Waals surface area contributed by atoms with Crippen LogP contribution in [-0.4, -0.2) is 32.5 Å². The Morgan fingerprint density at radius 3 is 2.61 bits per heavy atom. The van der Waals surface area contributed by atoms with E-state index in [1.54, 1.807) is 11.8 Å². The summed E-state index contributed by atoms with van der Waals surface area (Å²) in [4.78, 5) is 15.3. The molecular formula is C30H32N4OS. The van der Waals surface area contributed by atoms with Crippen molar-refractivity contribution in [2.45, 2.75) is 69.1 Å². The first kappa shape index (κ1) is 23.3. The Bertz CT molecular complexity index is 1390. The Labute approximate surface area is 216 Å². The minimum atomic E-state index is 0.145. The topological polar surface area (TPSA) is 51.0 Å². The maximum atomic E-state index is 13.4. The van der Waals surface area contributed by atoms with Gasteiger partial charge in [0, 0.05) is 24.2 Å². The van der Waals surface area contributed by atoms with Crippen LogP contribution in [0.4, 0.5) is 5.69 Å². The average Bonchev–Trinajstić information content (AvgIpc) is 3.47. The molecule has 1 aromatic heterocycles. The number of rotatable bonds is 6. The summed E-state index contributed by atoms with van der Waals surface area (Å²) < 4.78 is 2.36. The van der Waals surface area contributed by atoms with E-state index in [0.717, 1.165) is 42.4 Å². The second kappa shape index (κ2) is 10.1. The van der Waals surface area contributed by atoms with Crippen molar-refractivity contribution in [2.24, 2.45) is 0 Å². The number of amides is 1. The van der Waals surface area contributed by atoms with Crippen LogP contribution in [0.5, 0.6) is 0 Å². The number of carbonyl (C=O) groups excluding carboxylic acids is 1. The second-order valence-electron chi connectivity index (χ2n) is 10.1. The first-order chi connectivity index (χ1) is 17.7. The lowest BCUT2D eigenvalue weighted by atomic mass is 9.95. The van der Waals surface area contributed by atoms with Gasteiger partial charge in [-0.1, -0.05) is 91.7 Å². The van der Waals surface area contributed by atoms with Gasteiger partial charge in [0.15, 0.2) is 5.16 Å². The lowest BCUT2D eigenvalue weighted by molar-refractivity contribution is -0.116. The molecule has 3 aromatic carbocycles. The summed E-state index contributed by atoms with van der Waals surface area (Å²) in [6.07, 6.45) is 7.74. The van der Waals surface area contributed by atoms with Gasteiger partial charge in [-0.3, -0.25) is 4.79 Å². The lowest BCUT2D eigenvalue weighted by Crippen LogP contribution is -2.37. The Morgan fingerprint density at radius 1 is 0.944 bits per heavy atom. The molecule has 2 aliphatic rings. The first-order valence-electron chi connectivity index (χ1n) is 13.1. The number of carbonyl (C=O) groups is 1. The highest BCUT2D eigenvalue weighted by Gasteiger charge is 2.31. The first-order valence-corrected chi connectivity index (χ1v) is 14.1. The molecule has 0 unspecified atom stereocenters. The smallest absolute Gasteiger partial charge is 0.237 e. The quantitative estimate of drug-likeness (QED) is 0.282. The average molecular weight is 497 g/mol. The van der Waals surface area contributed by atoms with Crippen molar-refractivity contribution in [2.75, 3.05) is 10.7 Å². The zero-order chi connectivity index (χ0) is 24.5. The Balaban J connectivity index is 1.27. The molecule has 0 bridgehead atoms. The molecule has 6 rings (SSSR count). The number of benzene rings is 3. The minimum Gasteiger partial charge on any atom is -0.308 e. The van der Waals surface area contributed by atoms with E-state index >= 15 is 0 Å². The molecular weight excluding hydrogens is 464 g/mol. The van der Waals surface area contributed by atoms with Crippen molar-refractivity contribution in [3.05, 3.63) is 83.7 Å². The van der Waals surface area contributed by atoms with Gasteiger partial charge in [-0.2, -0.15) is 0 Å². The standard InChI is InChI=1S/C30H32N4OS/c1-21-18-24-11-6-8-17-27(24)33(21)29(35)20-36-30-32-31-28(34(30)25-14-3-2-4-15-25)19-23-13-9-12-22-10-5-7-16-26(22)23/h5-13,16-17,21,25H,2-4,14-15,18-20H2,1H3/t21-/m0/s1. The second-order valence-corrected chi connectivity index (χ2v) is 11.1. The SMILES string of the molecule is C[C@H]1Cc2ccccc2N1C(=O)CSc1nnc(Cc2cccc3ccccc23)n1C1CCCCC1. The third-order valence-electron chi connectivity index (χ3n) is 7.70. The molecule has 0 N–H and O–H groups in total. The highest BCUT2D eigenvalue weighted by molar-refractivity contribution is 7.99. The van der Waals surface area contributed by atoms with Crippen molar-refractivity contribution in [1.29, 1.82) is 0 Å². The molecule has 36 heavy (non-hydrogen) atoms. The highest BCUT2D eigenvalue weighted by atomic mass is 32.2. The molecule has 1 saturated carbocycles. The number of thioether (sulfide) groups is 1. The molecule has 1 aliphatic heterocycles. The summed E-state index contributed by atoms with van der Waals surface area (Å²) in [5.74, 6) is 1.52. The fraction of sp³-hybridized carbons (Fsp3) is 0.367. The van der Waals surface area contributed by atoms with E-state index in [0.29, 0.717) is 11.8 Å². The van der Waals surface area contributed by atoms with Gasteiger partial charge in [-0.05, 0) is 54.2 Å². The number of anilines is 1. The van der Waals surface area contributed by atoms with E-state index in [1.165, 1.54) is 41.2 Å². The van der Waals surface area contributed by atoms with Gasteiger partial charge in [0.05, 0.1) is 5.75 Å². The van der Waals surface area contributed by atoms with Crippen LogP contribution in [0.15, 0.2) is 71.9 Å². The largest absolute Gasteiger partial charge is 0.308 e. The summed E-state index contributed by atoms with van der Waals surface area (Å²) in [7, 11) is 0. The van der Waals surface area contributed by atoms with E-state index < -0.39 is 0 Å². The van der Waals surface area contributed by atoms with Gasteiger partial charge < -0.3 is 9.47 Å². The van der Waals surface area contributed by atoms with Crippen molar-refractivity contribution in [3.63, 3.8) is 0 Å². The predicted octanol–water partition coefficient (Wildman–Crippen LogP) is 6.60. The van der Waals surface area contributed by atoms with Crippen molar-refractivity contribution in [3.8, 4) is 0 Å². The highest BCUT2D eigenvalue weighted by Crippen LogP contribution is 2.36. The summed E-state index contributed by atoms with van der Waals surface area (Å²) in [5, 5.41) is 12.7. The number of para-hydroxylation sites is 1. The molecule has 4 aromatic rings. The number of hydrogen-bond acceptors (Lipinski definition) is 4. The van der Waals surface area contributed by atoms with Gasteiger partial charge in [-0.25, -0.2) is 0 Å². The van der Waals surface area contributed by atoms with Gasteiger partial charge in [0.1, 0.15) is 5.82 Å². The predicted molar refractivity (Wildman–Crippen MR) is 147 cm³/mol. The lowest BCUT2D eigenvalue weighted by Gasteiger charge is -2.26. The van der Waals surface area contributed by atoms with Crippen molar-refractivity contribution in [1.82, 2.24) is 14.8 Å². The maximum Gasteiger partial charge on any atom is 0.237 e. The van der Waals surface area contributed by atoms with Crippen molar-refractivity contribution < 1.29 is 4.79 Å². The van der Waals surface area contributed by atoms with Crippen LogP contribution in [-0.2, 0) is 17.6 Å². The Hall–Kier alpha value is -3.12. The van der Waals surface area contributed by atoms with E-state index in [9.17, 15) is 4.79 Å². The van der Waals surface area contributed by atoms with Crippen LogP contribution in [0.25, 0.3) is 10.8 Å². The van der Waals surface area contributed by atoms with Crippen LogP contribution in [0, 0.1) is 0 Å². The van der Waals surface area contributed by atoms with Crippen LogP contribution in [0.3, 0.4) is 0 Å². The monoisotopic (exact) mass is 496 g/mol. The minimum absolute atomic E-state index is 0.145. The fourth-order valence-electron chi connectivity index (χ4n) is 5.99. The molecule has 0 saturated heterocycles. The number of fused-ring (bicyclic) bond motifs is 2. The molecule has 0 radical (unpaired) electrons. The van der Waals surface area contributed by atoms with Gasteiger partial charge >= 0.3 is 0 Å². The van der Waals surface area contributed by atoms with Crippen molar-refractivity contribution >= 4 is 34.1 Å². The number of hydrogen-bond donors (Lipinski definition) is 0. The summed E-state index contributed by atoms with van der Waals surface area (Å²) in [6, 6.07) is 23.9. The molecule has 5 nitrogen and oxygen atoms in total. The summed E-state index contributed by atoms with van der Waals surface area (Å²) in [6.45, 7) is 2.13. The molecule has 1 atom stereocenters. The molecule has 0 spiro atoms. The molecule has 1 fully saturated rings. The van der Waals surface area contributed by atoms with Gasteiger partial charge in [0.2, 0.25) is 5.91 Å². The van der Waals surface area contributed by atoms with Gasteiger partial charge in [-0.15, -0.1) is 10.2 Å². The maximum absolute atomic E-state index is 13.4. The van der Waals surface area contributed by atoms with Crippen LogP contribution < -0.4 is 4.90 Å². The summed E-state index contributed by atoms with van der Waals surface area (Å²) in [5.41, 5.74) is 3.58. The molecule has 1 amide bonds. The zero-order valence-corrected chi connectivity index (χ0v) is 21.6. The van der Waals surface area contributed by atoms with Gasteiger partial charge in [0.25, 0.3) is 0 Å². The van der Waals surface area contributed by atoms with Crippen LogP contribution in [0.1, 0.15) is 62.0 Å². The number of nitrogens with zero attached hydrogens (tertiary/aromatic N) is 4. The van der Waals surface area contributed by atoms with Crippen LogP contribution >= 0.6 is 11.8 Å². The zero-order valence-electron chi connectivity index (χ0n) is 20.8.